The molecule has 0 bridgehead atoms. The Bertz CT molecular complexity index is 1150. The van der Waals surface area contributed by atoms with Gasteiger partial charge in [0.25, 0.3) is 5.91 Å². The Morgan fingerprint density at radius 2 is 1.62 bits per heavy atom. The first-order valence-electron chi connectivity index (χ1n) is 12.0. The smallest absolute Gasteiger partial charge is 0.407 e. The highest BCUT2D eigenvalue weighted by atomic mass is 32.1. The van der Waals surface area contributed by atoms with Gasteiger partial charge in [-0.1, -0.05) is 23.5 Å². The van der Waals surface area contributed by atoms with Gasteiger partial charge in [0.1, 0.15) is 4.88 Å². The van der Waals surface area contributed by atoms with Crippen LogP contribution in [0, 0.1) is 0 Å². The second-order valence-electron chi connectivity index (χ2n) is 8.65. The number of nitrogens with zero attached hydrogens (tertiary/aromatic N) is 2. The molecule has 1 heterocycles. The van der Waals surface area contributed by atoms with Crippen LogP contribution in [-0.4, -0.2) is 76.9 Å². The highest BCUT2D eigenvalue weighted by molar-refractivity contribution is 7.17. The number of benzene rings is 1. The number of anilines is 2. The summed E-state index contributed by atoms with van der Waals surface area (Å²) in [6.07, 6.45) is -1.44. The molecule has 2 rings (SSSR count). The molecule has 1 aromatic carbocycles. The summed E-state index contributed by atoms with van der Waals surface area (Å²) in [6.45, 7) is 1.75. The zero-order valence-electron chi connectivity index (χ0n) is 21.9. The second-order valence-corrected chi connectivity index (χ2v) is 9.65. The summed E-state index contributed by atoms with van der Waals surface area (Å²) in [7, 11) is 3.39. The molecule has 0 aliphatic rings. The lowest BCUT2D eigenvalue weighted by atomic mass is 10.1. The Labute approximate surface area is 229 Å². The zero-order valence-corrected chi connectivity index (χ0v) is 22.7. The van der Waals surface area contributed by atoms with Crippen molar-refractivity contribution in [2.75, 3.05) is 31.3 Å². The summed E-state index contributed by atoms with van der Waals surface area (Å²) < 4.78 is 0. The van der Waals surface area contributed by atoms with Crippen LogP contribution in [0.2, 0.25) is 0 Å². The molecule has 0 aliphatic heterocycles. The number of thiazole rings is 1. The molecule has 0 unspecified atom stereocenters. The van der Waals surface area contributed by atoms with E-state index in [0.29, 0.717) is 60.0 Å². The molecule has 7 N–H and O–H groups in total. The molecule has 0 radical (unpaired) electrons. The maximum Gasteiger partial charge on any atom is 0.407 e. The lowest BCUT2D eigenvalue weighted by Gasteiger charge is -2.19. The maximum atomic E-state index is 12.8. The third-order valence-corrected chi connectivity index (χ3v) is 6.25. The van der Waals surface area contributed by atoms with E-state index in [4.69, 9.17) is 10.2 Å². The van der Waals surface area contributed by atoms with E-state index < -0.39 is 18.5 Å². The van der Waals surface area contributed by atoms with Gasteiger partial charge in [0.2, 0.25) is 11.8 Å². The van der Waals surface area contributed by atoms with E-state index in [1.807, 2.05) is 10.6 Å². The van der Waals surface area contributed by atoms with Crippen molar-refractivity contribution in [3.63, 3.8) is 0 Å². The Morgan fingerprint density at radius 1 is 0.974 bits per heavy atom. The predicted octanol–water partition coefficient (Wildman–Crippen LogP) is 2.11. The van der Waals surface area contributed by atoms with Crippen molar-refractivity contribution in [1.29, 1.82) is 0 Å². The number of unbranched alkanes of at least 4 members (excludes halogenated alkanes) is 1. The van der Waals surface area contributed by atoms with Gasteiger partial charge in [0.15, 0.2) is 11.4 Å². The quantitative estimate of drug-likeness (QED) is 0.133. The molecule has 0 atom stereocenters. The van der Waals surface area contributed by atoms with Gasteiger partial charge in [0.05, 0.1) is 5.69 Å². The molecule has 0 saturated carbocycles. The summed E-state index contributed by atoms with van der Waals surface area (Å²) in [4.78, 5) is 64.1. The minimum absolute atomic E-state index is 0.0310. The number of rotatable bonds is 14. The Kier molecular flexibility index (Phi) is 11.9. The largest absolute Gasteiger partial charge is 0.465 e. The van der Waals surface area contributed by atoms with E-state index in [1.54, 1.807) is 38.4 Å². The number of aromatic nitrogens is 1. The van der Waals surface area contributed by atoms with Crippen LogP contribution in [-0.2, 0) is 22.4 Å². The van der Waals surface area contributed by atoms with Gasteiger partial charge >= 0.3 is 12.2 Å². The first kappa shape index (κ1) is 30.8. The number of carbonyl (C=O) groups excluding carboxylic acids is 3. The number of carbonyl (C=O) groups is 5. The van der Waals surface area contributed by atoms with Crippen molar-refractivity contribution in [2.45, 2.75) is 45.3 Å². The first-order chi connectivity index (χ1) is 18.4. The molecule has 0 saturated heterocycles. The molecule has 212 valence electrons. The molecule has 5 amide bonds. The van der Waals surface area contributed by atoms with Crippen LogP contribution in [0.25, 0.3) is 0 Å². The van der Waals surface area contributed by atoms with E-state index in [2.05, 4.69) is 20.9 Å². The number of aryl methyl sites for hydroxylation is 2. The molecule has 2 aromatic rings. The predicted molar refractivity (Wildman–Crippen MR) is 145 cm³/mol. The highest BCUT2D eigenvalue weighted by Gasteiger charge is 2.19. The van der Waals surface area contributed by atoms with Gasteiger partial charge in [-0.05, 0) is 43.4 Å². The summed E-state index contributed by atoms with van der Waals surface area (Å²) in [5, 5.41) is 30.2. The number of amides is 5. The molecule has 1 aromatic heterocycles. The van der Waals surface area contributed by atoms with Crippen molar-refractivity contribution < 1.29 is 34.2 Å². The van der Waals surface area contributed by atoms with E-state index in [1.165, 1.54) is 11.8 Å². The van der Waals surface area contributed by atoms with Crippen LogP contribution in [0.5, 0.6) is 0 Å². The first-order valence-corrected chi connectivity index (χ1v) is 12.9. The molecule has 0 spiro atoms. The molecule has 39 heavy (non-hydrogen) atoms. The molecular weight excluding hydrogens is 530 g/mol. The fourth-order valence-corrected chi connectivity index (χ4v) is 4.34. The number of hydrogen-bond donors (Lipinski definition) is 7. The lowest BCUT2D eigenvalue weighted by molar-refractivity contribution is -0.128. The Hall–Kier alpha value is -4.40. The van der Waals surface area contributed by atoms with E-state index >= 15 is 0 Å². The number of carboxylic acid groups (broad SMARTS) is 2. The average Bonchev–Trinajstić information content (AvgIpc) is 3.24. The molecular formula is C24H33N7O7S. The molecule has 0 aliphatic carbocycles. The minimum Gasteiger partial charge on any atom is -0.465 e. The summed E-state index contributed by atoms with van der Waals surface area (Å²) in [6, 6.07) is 6.87. The van der Waals surface area contributed by atoms with Crippen LogP contribution in [0.15, 0.2) is 24.3 Å². The second kappa shape index (κ2) is 15.1. The summed E-state index contributed by atoms with van der Waals surface area (Å²) in [5.74, 6) is -0.576. The monoisotopic (exact) mass is 563 g/mol. The van der Waals surface area contributed by atoms with Crippen molar-refractivity contribution in [3.8, 4) is 0 Å². The SMILES string of the molecule is CC(=O)Nc1nc(CCc2ccc(NC(NC(=O)O)NC(=O)O)cc2)c(C(=O)NCCCCC(=O)N(C)C)s1. The van der Waals surface area contributed by atoms with Crippen molar-refractivity contribution in [2.24, 2.45) is 0 Å². The van der Waals surface area contributed by atoms with E-state index in [-0.39, 0.29) is 17.7 Å². The third kappa shape index (κ3) is 11.3. The van der Waals surface area contributed by atoms with Gasteiger partial charge in [0, 0.05) is 39.7 Å². The zero-order chi connectivity index (χ0) is 28.9. The van der Waals surface area contributed by atoms with Gasteiger partial charge in [-0.25, -0.2) is 14.6 Å². The fraction of sp³-hybridized carbons (Fsp3) is 0.417. The topological polar surface area (TPSA) is 202 Å². The minimum atomic E-state index is -1.40. The molecule has 0 fully saturated rings. The van der Waals surface area contributed by atoms with Crippen LogP contribution in [0.4, 0.5) is 20.4 Å². The van der Waals surface area contributed by atoms with Gasteiger partial charge in [-0.3, -0.25) is 25.0 Å². The summed E-state index contributed by atoms with van der Waals surface area (Å²) >= 11 is 1.09. The highest BCUT2D eigenvalue weighted by Crippen LogP contribution is 2.25. The normalized spacial score (nSPS) is 10.5. The van der Waals surface area contributed by atoms with Crippen molar-refractivity contribution >= 4 is 52.1 Å². The number of nitrogens with one attached hydrogen (secondary N) is 5. The van der Waals surface area contributed by atoms with Crippen LogP contribution in [0.3, 0.4) is 0 Å². The van der Waals surface area contributed by atoms with Crippen molar-refractivity contribution in [3.05, 3.63) is 40.4 Å². The van der Waals surface area contributed by atoms with Crippen molar-refractivity contribution in [1.82, 2.24) is 25.8 Å². The average molecular weight is 564 g/mol. The van der Waals surface area contributed by atoms with Crippen LogP contribution < -0.4 is 26.6 Å². The van der Waals surface area contributed by atoms with E-state index in [0.717, 1.165) is 16.9 Å². The standard InChI is InChI=1S/C24H33N7O7S/c1-14(32)26-22-28-17(19(39-22)20(34)25-13-5-4-6-18(33)31(2)3)12-9-15-7-10-16(11-8-15)27-21(29-23(35)36)30-24(37)38/h7-8,10-11,21,27,29-30H,4-6,9,12-13H2,1-3H3,(H,25,34)(H,35,36)(H,37,38)(H,26,28,32). The van der Waals surface area contributed by atoms with Gasteiger partial charge < -0.3 is 31.1 Å². The molecule has 15 heteroatoms. The molecule has 14 nitrogen and oxygen atoms in total. The Balaban J connectivity index is 2.00. The fourth-order valence-electron chi connectivity index (χ4n) is 3.36. The van der Waals surface area contributed by atoms with Gasteiger partial charge in [-0.15, -0.1) is 0 Å². The lowest BCUT2D eigenvalue weighted by Crippen LogP contribution is -2.52. The van der Waals surface area contributed by atoms with Gasteiger partial charge in [-0.2, -0.15) is 0 Å². The Morgan fingerprint density at radius 3 is 2.18 bits per heavy atom. The summed E-state index contributed by atoms with van der Waals surface area (Å²) in [5.41, 5.74) is 1.89. The maximum absolute atomic E-state index is 12.8. The van der Waals surface area contributed by atoms with Crippen LogP contribution >= 0.6 is 11.3 Å². The third-order valence-electron chi connectivity index (χ3n) is 5.24. The number of hydrogen-bond acceptors (Lipinski definition) is 8. The van der Waals surface area contributed by atoms with Crippen LogP contribution in [0.1, 0.15) is 47.1 Å². The van der Waals surface area contributed by atoms with E-state index in [9.17, 15) is 24.0 Å².